The highest BCUT2D eigenvalue weighted by atomic mass is 32.1. The van der Waals surface area contributed by atoms with Gasteiger partial charge in [-0.05, 0) is 72.0 Å². The van der Waals surface area contributed by atoms with Crippen LogP contribution >= 0.6 is 11.3 Å². The molecule has 0 bridgehead atoms. The molecule has 0 saturated carbocycles. The predicted molar refractivity (Wildman–Crippen MR) is 193 cm³/mol. The molecule has 4 nitrogen and oxygen atoms in total. The van der Waals surface area contributed by atoms with Crippen LogP contribution in [0.1, 0.15) is 31.9 Å². The standard InChI is InChI=1S/C41H31N3OS/c1-24-14-17-31(38-37(24)30-20-21-32(43-40(30)45-38)25-10-6-5-7-11-25)39-42-33-12-8-9-13-34(33)44(39)27-16-19-29-28-18-15-26(41(2,3)4)22-35(28)46-36(29)23-27/h5-23H,1-4H3. The minimum absolute atomic E-state index is 0.106. The summed E-state index contributed by atoms with van der Waals surface area (Å²) in [4.78, 5) is 10.2. The summed E-state index contributed by atoms with van der Waals surface area (Å²) in [7, 11) is 0. The maximum Gasteiger partial charge on any atom is 0.227 e. The average Bonchev–Trinajstić information content (AvgIpc) is 3.75. The van der Waals surface area contributed by atoms with E-state index in [4.69, 9.17) is 14.4 Å². The smallest absolute Gasteiger partial charge is 0.227 e. The Morgan fingerprint density at radius 2 is 1.43 bits per heavy atom. The number of benzene rings is 5. The number of para-hydroxylation sites is 2. The number of rotatable bonds is 3. The number of nitrogens with zero attached hydrogens (tertiary/aromatic N) is 3. The fourth-order valence-corrected chi connectivity index (χ4v) is 7.89. The topological polar surface area (TPSA) is 43.9 Å². The van der Waals surface area contributed by atoms with Crippen LogP contribution in [-0.4, -0.2) is 14.5 Å². The lowest BCUT2D eigenvalue weighted by Crippen LogP contribution is -2.10. The van der Waals surface area contributed by atoms with Crippen molar-refractivity contribution in [2.75, 3.05) is 0 Å². The summed E-state index contributed by atoms with van der Waals surface area (Å²) in [6, 6.07) is 40.8. The van der Waals surface area contributed by atoms with Crippen LogP contribution in [0.4, 0.5) is 0 Å². The lowest BCUT2D eigenvalue weighted by atomic mass is 9.87. The van der Waals surface area contributed by atoms with E-state index in [1.165, 1.54) is 25.7 Å². The zero-order valence-electron chi connectivity index (χ0n) is 26.1. The molecule has 9 rings (SSSR count). The molecule has 0 aliphatic carbocycles. The van der Waals surface area contributed by atoms with Gasteiger partial charge in [0.05, 0.1) is 22.3 Å². The lowest BCUT2D eigenvalue weighted by molar-refractivity contribution is 0.591. The van der Waals surface area contributed by atoms with Crippen LogP contribution in [0.2, 0.25) is 0 Å². The Labute approximate surface area is 270 Å². The SMILES string of the molecule is Cc1ccc(-c2nc3ccccc3n2-c2ccc3c(c2)sc2cc(C(C)(C)C)ccc23)c2oc3nc(-c4ccccc4)ccc3c12. The number of imidazole rings is 1. The quantitative estimate of drug-likeness (QED) is 0.199. The molecule has 9 aromatic rings. The highest BCUT2D eigenvalue weighted by Crippen LogP contribution is 2.42. The van der Waals surface area contributed by atoms with Gasteiger partial charge in [0.1, 0.15) is 11.4 Å². The van der Waals surface area contributed by atoms with Crippen molar-refractivity contribution < 1.29 is 4.42 Å². The summed E-state index contributed by atoms with van der Waals surface area (Å²) in [6.07, 6.45) is 0. The van der Waals surface area contributed by atoms with Crippen molar-refractivity contribution in [1.82, 2.24) is 14.5 Å². The highest BCUT2D eigenvalue weighted by Gasteiger charge is 2.22. The van der Waals surface area contributed by atoms with Crippen molar-refractivity contribution in [3.63, 3.8) is 0 Å². The van der Waals surface area contributed by atoms with Crippen LogP contribution in [0, 0.1) is 6.92 Å². The van der Waals surface area contributed by atoms with Gasteiger partial charge in [-0.25, -0.2) is 9.97 Å². The summed E-state index contributed by atoms with van der Waals surface area (Å²) in [5, 5.41) is 4.68. The van der Waals surface area contributed by atoms with E-state index >= 15 is 0 Å². The molecule has 4 aromatic heterocycles. The Balaban J connectivity index is 1.27. The number of hydrogen-bond acceptors (Lipinski definition) is 4. The fourth-order valence-electron chi connectivity index (χ4n) is 6.71. The summed E-state index contributed by atoms with van der Waals surface area (Å²) >= 11 is 1.86. The van der Waals surface area contributed by atoms with E-state index in [2.05, 4.69) is 123 Å². The van der Waals surface area contributed by atoms with Crippen LogP contribution < -0.4 is 0 Å². The van der Waals surface area contributed by atoms with E-state index in [0.29, 0.717) is 5.71 Å². The molecule has 0 saturated heterocycles. The van der Waals surface area contributed by atoms with E-state index in [-0.39, 0.29) is 5.41 Å². The molecule has 0 amide bonds. The van der Waals surface area contributed by atoms with Gasteiger partial charge in [0.15, 0.2) is 0 Å². The van der Waals surface area contributed by atoms with E-state index in [0.717, 1.165) is 61.3 Å². The molecule has 0 spiro atoms. The summed E-state index contributed by atoms with van der Waals surface area (Å²) in [5.74, 6) is 0.851. The Hall–Kier alpha value is -5.26. The first-order valence-corrected chi connectivity index (χ1v) is 16.5. The second-order valence-electron chi connectivity index (χ2n) is 13.2. The molecule has 0 atom stereocenters. The van der Waals surface area contributed by atoms with Crippen LogP contribution in [-0.2, 0) is 5.41 Å². The van der Waals surface area contributed by atoms with E-state index in [1.54, 1.807) is 0 Å². The van der Waals surface area contributed by atoms with E-state index in [1.807, 2.05) is 35.6 Å². The third kappa shape index (κ3) is 4.12. The van der Waals surface area contributed by atoms with Gasteiger partial charge in [-0.3, -0.25) is 4.57 Å². The summed E-state index contributed by atoms with van der Waals surface area (Å²) < 4.78 is 11.5. The minimum Gasteiger partial charge on any atom is -0.437 e. The van der Waals surface area contributed by atoms with Gasteiger partial charge in [0, 0.05) is 42.2 Å². The zero-order valence-corrected chi connectivity index (χ0v) is 26.9. The van der Waals surface area contributed by atoms with Gasteiger partial charge < -0.3 is 4.42 Å². The Kier molecular flexibility index (Phi) is 5.81. The lowest BCUT2D eigenvalue weighted by Gasteiger charge is -2.18. The van der Waals surface area contributed by atoms with Gasteiger partial charge >= 0.3 is 0 Å². The number of fused-ring (bicyclic) bond motifs is 7. The third-order valence-electron chi connectivity index (χ3n) is 9.15. The first-order valence-electron chi connectivity index (χ1n) is 15.7. The van der Waals surface area contributed by atoms with Gasteiger partial charge in [0.2, 0.25) is 5.71 Å². The average molecular weight is 614 g/mol. The number of aryl methyl sites for hydroxylation is 1. The van der Waals surface area contributed by atoms with Crippen molar-refractivity contribution in [1.29, 1.82) is 0 Å². The zero-order chi connectivity index (χ0) is 31.2. The molecule has 0 unspecified atom stereocenters. The molecule has 0 aliphatic rings. The number of thiophene rings is 1. The molecule has 0 fully saturated rings. The number of pyridine rings is 1. The number of furan rings is 1. The van der Waals surface area contributed by atoms with Crippen LogP contribution in [0.5, 0.6) is 0 Å². The van der Waals surface area contributed by atoms with Crippen molar-refractivity contribution in [2.24, 2.45) is 0 Å². The van der Waals surface area contributed by atoms with E-state index < -0.39 is 0 Å². The third-order valence-corrected chi connectivity index (χ3v) is 10.3. The van der Waals surface area contributed by atoms with Crippen molar-refractivity contribution in [2.45, 2.75) is 33.1 Å². The van der Waals surface area contributed by atoms with Gasteiger partial charge in [-0.2, -0.15) is 0 Å². The highest BCUT2D eigenvalue weighted by molar-refractivity contribution is 7.25. The molecule has 0 aliphatic heterocycles. The molecule has 46 heavy (non-hydrogen) atoms. The van der Waals surface area contributed by atoms with Crippen LogP contribution in [0.15, 0.2) is 120 Å². The van der Waals surface area contributed by atoms with Crippen molar-refractivity contribution >= 4 is 64.6 Å². The first-order chi connectivity index (χ1) is 22.3. The maximum absolute atomic E-state index is 6.65. The monoisotopic (exact) mass is 613 g/mol. The normalized spacial score (nSPS) is 12.3. The Morgan fingerprint density at radius 1 is 0.696 bits per heavy atom. The molecule has 5 heteroatoms. The first kappa shape index (κ1) is 27.1. The maximum atomic E-state index is 6.65. The summed E-state index contributed by atoms with van der Waals surface area (Å²) in [6.45, 7) is 8.95. The van der Waals surface area contributed by atoms with Crippen LogP contribution in [0.25, 0.3) is 81.6 Å². The molecular weight excluding hydrogens is 583 g/mol. The number of hydrogen-bond donors (Lipinski definition) is 0. The fraction of sp³-hybridized carbons (Fsp3) is 0.122. The molecule has 5 aromatic carbocycles. The van der Waals surface area contributed by atoms with Gasteiger partial charge in [-0.15, -0.1) is 11.3 Å². The molecule has 4 heterocycles. The Bertz CT molecular complexity index is 2630. The van der Waals surface area contributed by atoms with Gasteiger partial charge in [-0.1, -0.05) is 87.5 Å². The number of aromatic nitrogens is 3. The van der Waals surface area contributed by atoms with E-state index in [9.17, 15) is 0 Å². The molecule has 0 N–H and O–H groups in total. The minimum atomic E-state index is 0.106. The predicted octanol–water partition coefficient (Wildman–Crippen LogP) is 11.6. The second kappa shape index (κ2) is 9.87. The molecule has 222 valence electrons. The van der Waals surface area contributed by atoms with Crippen molar-refractivity contribution in [3.05, 3.63) is 126 Å². The molecular formula is C41H31N3OS. The Morgan fingerprint density at radius 3 is 2.26 bits per heavy atom. The van der Waals surface area contributed by atoms with Crippen molar-refractivity contribution in [3.8, 4) is 28.3 Å². The van der Waals surface area contributed by atoms with Crippen LogP contribution in [0.3, 0.4) is 0 Å². The molecule has 0 radical (unpaired) electrons. The second-order valence-corrected chi connectivity index (χ2v) is 14.2. The largest absolute Gasteiger partial charge is 0.437 e. The summed E-state index contributed by atoms with van der Waals surface area (Å²) in [5.41, 5.74) is 10.0. The van der Waals surface area contributed by atoms with Gasteiger partial charge in [0.25, 0.3) is 0 Å².